The molecule has 3 heterocycles. The fourth-order valence-corrected chi connectivity index (χ4v) is 5.12. The van der Waals surface area contributed by atoms with Crippen molar-refractivity contribution >= 4 is 22.3 Å². The van der Waals surface area contributed by atoms with Gasteiger partial charge in [-0.15, -0.1) is 0 Å². The number of benzene rings is 2. The lowest BCUT2D eigenvalue weighted by Gasteiger charge is -2.43. The van der Waals surface area contributed by atoms with Crippen LogP contribution < -0.4 is 20.1 Å². The minimum Gasteiger partial charge on any atom is -0.497 e. The van der Waals surface area contributed by atoms with E-state index in [-0.39, 0.29) is 17.6 Å². The SMILES string of the molecule is COc1ccc(CNc2nccc3c(NCC45COC(CO)(C4)C5)cccc23)c(OC)c1. The van der Waals surface area contributed by atoms with Gasteiger partial charge >= 0.3 is 0 Å². The second-order valence-corrected chi connectivity index (χ2v) is 8.93. The number of methoxy groups -OCH3 is 2. The number of aliphatic hydroxyl groups is 1. The van der Waals surface area contributed by atoms with E-state index in [1.807, 2.05) is 36.5 Å². The Labute approximate surface area is 187 Å². The Morgan fingerprint density at radius 3 is 2.69 bits per heavy atom. The van der Waals surface area contributed by atoms with Crippen molar-refractivity contribution < 1.29 is 19.3 Å². The quantitative estimate of drug-likeness (QED) is 0.471. The van der Waals surface area contributed by atoms with Crippen LogP contribution in [0, 0.1) is 5.41 Å². The molecule has 6 rings (SSSR count). The van der Waals surface area contributed by atoms with Crippen molar-refractivity contribution in [3.63, 3.8) is 0 Å². The van der Waals surface area contributed by atoms with Crippen molar-refractivity contribution in [1.29, 1.82) is 0 Å². The Hall–Kier alpha value is -3.03. The summed E-state index contributed by atoms with van der Waals surface area (Å²) < 4.78 is 16.6. The van der Waals surface area contributed by atoms with Crippen LogP contribution in [0.5, 0.6) is 11.5 Å². The maximum atomic E-state index is 9.55. The van der Waals surface area contributed by atoms with Crippen molar-refractivity contribution in [2.24, 2.45) is 5.41 Å². The normalized spacial score (nSPS) is 23.6. The van der Waals surface area contributed by atoms with Gasteiger partial charge in [0.2, 0.25) is 0 Å². The lowest BCUT2D eigenvalue weighted by Crippen LogP contribution is -2.49. The third-order valence-corrected chi connectivity index (χ3v) is 6.77. The van der Waals surface area contributed by atoms with Crippen molar-refractivity contribution in [2.75, 3.05) is 44.6 Å². The van der Waals surface area contributed by atoms with Crippen LogP contribution in [0.1, 0.15) is 18.4 Å². The Morgan fingerprint density at radius 1 is 1.06 bits per heavy atom. The average molecular weight is 436 g/mol. The van der Waals surface area contributed by atoms with Gasteiger partial charge in [0.1, 0.15) is 17.3 Å². The van der Waals surface area contributed by atoms with E-state index >= 15 is 0 Å². The highest BCUT2D eigenvalue weighted by atomic mass is 16.5. The zero-order valence-corrected chi connectivity index (χ0v) is 18.5. The topological polar surface area (TPSA) is 84.9 Å². The van der Waals surface area contributed by atoms with Crippen molar-refractivity contribution in [2.45, 2.75) is 25.0 Å². The Kier molecular flexibility index (Phi) is 5.31. The molecular weight excluding hydrogens is 406 g/mol. The molecule has 2 saturated heterocycles. The van der Waals surface area contributed by atoms with Crippen molar-refractivity contribution in [3.05, 3.63) is 54.2 Å². The van der Waals surface area contributed by atoms with E-state index in [1.54, 1.807) is 14.2 Å². The monoisotopic (exact) mass is 435 g/mol. The van der Waals surface area contributed by atoms with E-state index in [9.17, 15) is 5.11 Å². The summed E-state index contributed by atoms with van der Waals surface area (Å²) in [6, 6.07) is 14.1. The highest BCUT2D eigenvalue weighted by molar-refractivity contribution is 5.99. The molecule has 3 aromatic rings. The lowest BCUT2D eigenvalue weighted by molar-refractivity contribution is -0.0559. The van der Waals surface area contributed by atoms with Crippen LogP contribution in [-0.4, -0.2) is 49.7 Å². The molecule has 1 aromatic heterocycles. The van der Waals surface area contributed by atoms with Gasteiger partial charge in [-0.25, -0.2) is 4.98 Å². The molecule has 1 saturated carbocycles. The first-order chi connectivity index (χ1) is 15.6. The first-order valence-electron chi connectivity index (χ1n) is 10.9. The largest absolute Gasteiger partial charge is 0.497 e. The molecule has 32 heavy (non-hydrogen) atoms. The molecule has 7 heteroatoms. The van der Waals surface area contributed by atoms with E-state index in [4.69, 9.17) is 14.2 Å². The number of ether oxygens (including phenoxy) is 3. The minimum atomic E-state index is -0.288. The number of rotatable bonds is 9. The van der Waals surface area contributed by atoms with Gasteiger partial charge in [-0.3, -0.25) is 0 Å². The third kappa shape index (κ3) is 3.61. The molecule has 0 unspecified atom stereocenters. The first-order valence-corrected chi connectivity index (χ1v) is 10.9. The van der Waals surface area contributed by atoms with E-state index < -0.39 is 0 Å². The molecule has 0 amide bonds. The summed E-state index contributed by atoms with van der Waals surface area (Å²) in [5, 5.41) is 18.8. The van der Waals surface area contributed by atoms with Crippen molar-refractivity contribution in [1.82, 2.24) is 4.98 Å². The van der Waals surface area contributed by atoms with Gasteiger partial charge in [0, 0.05) is 52.8 Å². The van der Waals surface area contributed by atoms with Crippen LogP contribution in [-0.2, 0) is 11.3 Å². The summed E-state index contributed by atoms with van der Waals surface area (Å²) in [7, 11) is 3.31. The van der Waals surface area contributed by atoms with Gasteiger partial charge in [0.25, 0.3) is 0 Å². The summed E-state index contributed by atoms with van der Waals surface area (Å²) in [4.78, 5) is 4.58. The number of aliphatic hydroxyl groups excluding tert-OH is 1. The standard InChI is InChI=1S/C25H29N3O4/c1-30-18-7-6-17(22(10-18)31-2)11-27-23-20-4-3-5-21(19(20)8-9-26-23)28-14-24-12-25(13-24,15-29)32-16-24/h3-10,28-29H,11-16H2,1-2H3,(H,26,27). The van der Waals surface area contributed by atoms with Crippen LogP contribution in [0.15, 0.2) is 48.7 Å². The first kappa shape index (κ1) is 20.8. The minimum absolute atomic E-state index is 0.114. The number of nitrogens with one attached hydrogen (secondary N) is 2. The highest BCUT2D eigenvalue weighted by Crippen LogP contribution is 2.57. The van der Waals surface area contributed by atoms with Crippen molar-refractivity contribution in [3.8, 4) is 11.5 Å². The van der Waals surface area contributed by atoms with Gasteiger partial charge in [0.15, 0.2) is 0 Å². The average Bonchev–Trinajstić information content (AvgIpc) is 3.37. The summed E-state index contributed by atoms with van der Waals surface area (Å²) >= 11 is 0. The molecule has 168 valence electrons. The van der Waals surface area contributed by atoms with Gasteiger partial charge in [0.05, 0.1) is 33.0 Å². The van der Waals surface area contributed by atoms with Gasteiger partial charge < -0.3 is 30.0 Å². The molecule has 2 aromatic carbocycles. The fourth-order valence-electron chi connectivity index (χ4n) is 5.12. The van der Waals surface area contributed by atoms with E-state index in [0.717, 1.165) is 58.7 Å². The molecule has 2 bridgehead atoms. The zero-order chi connectivity index (χ0) is 22.2. The van der Waals surface area contributed by atoms with E-state index in [2.05, 4.69) is 27.8 Å². The summed E-state index contributed by atoms with van der Waals surface area (Å²) in [6.07, 6.45) is 3.68. The molecule has 0 atom stereocenters. The smallest absolute Gasteiger partial charge is 0.134 e. The van der Waals surface area contributed by atoms with Crippen LogP contribution in [0.4, 0.5) is 11.5 Å². The number of nitrogens with zero attached hydrogens (tertiary/aromatic N) is 1. The molecule has 0 radical (unpaired) electrons. The summed E-state index contributed by atoms with van der Waals surface area (Å²) in [5.74, 6) is 2.37. The Morgan fingerprint density at radius 2 is 1.94 bits per heavy atom. The van der Waals surface area contributed by atoms with Gasteiger partial charge in [-0.05, 0) is 37.1 Å². The summed E-state index contributed by atoms with van der Waals surface area (Å²) in [6.45, 7) is 2.24. The maximum Gasteiger partial charge on any atom is 0.134 e. The lowest BCUT2D eigenvalue weighted by atomic mass is 9.63. The van der Waals surface area contributed by atoms with Gasteiger partial charge in [-0.1, -0.05) is 12.1 Å². The molecule has 2 aliphatic heterocycles. The predicted octanol–water partition coefficient (Wildman–Crippen LogP) is 3.82. The number of hydrogen-bond acceptors (Lipinski definition) is 7. The molecule has 3 aliphatic rings. The zero-order valence-electron chi connectivity index (χ0n) is 18.5. The molecule has 0 spiro atoms. The second-order valence-electron chi connectivity index (χ2n) is 8.93. The number of aromatic nitrogens is 1. The number of anilines is 2. The number of hydrogen-bond donors (Lipinski definition) is 3. The molecule has 3 fully saturated rings. The molecule has 7 nitrogen and oxygen atoms in total. The highest BCUT2D eigenvalue weighted by Gasteiger charge is 2.61. The van der Waals surface area contributed by atoms with Crippen LogP contribution in [0.3, 0.4) is 0 Å². The van der Waals surface area contributed by atoms with E-state index in [1.165, 1.54) is 0 Å². The number of fused-ring (bicyclic) bond motifs is 2. The molecule has 3 N–H and O–H groups in total. The molecule has 1 aliphatic carbocycles. The predicted molar refractivity (Wildman–Crippen MR) is 125 cm³/mol. The van der Waals surface area contributed by atoms with Crippen LogP contribution in [0.2, 0.25) is 0 Å². The fraction of sp³-hybridized carbons (Fsp3) is 0.400. The number of pyridine rings is 1. The Bertz CT molecular complexity index is 1130. The second kappa shape index (κ2) is 8.15. The third-order valence-electron chi connectivity index (χ3n) is 6.77. The van der Waals surface area contributed by atoms with Crippen LogP contribution >= 0.6 is 0 Å². The maximum absolute atomic E-state index is 9.55. The van der Waals surface area contributed by atoms with E-state index in [0.29, 0.717) is 13.2 Å². The van der Waals surface area contributed by atoms with Gasteiger partial charge in [-0.2, -0.15) is 0 Å². The Balaban J connectivity index is 1.32. The summed E-state index contributed by atoms with van der Waals surface area (Å²) in [5.41, 5.74) is 1.95. The molecular formula is C25H29N3O4. The van der Waals surface area contributed by atoms with Crippen LogP contribution in [0.25, 0.3) is 10.8 Å².